The number of rotatable bonds is 11. The smallest absolute Gasteiger partial charge is 0.217 e. The summed E-state index contributed by atoms with van der Waals surface area (Å²) in [6.07, 6.45) is -11.6. The second-order valence-corrected chi connectivity index (χ2v) is 8.01. The fraction of sp³-hybridized carbons (Fsp3) is 0.842. The molecular weight excluding hydrogens is 432 g/mol. The van der Waals surface area contributed by atoms with Gasteiger partial charge in [-0.05, 0) is 0 Å². The van der Waals surface area contributed by atoms with Crippen LogP contribution in [0.4, 0.5) is 0 Å². The highest BCUT2D eigenvalue weighted by molar-refractivity contribution is 5.90. The van der Waals surface area contributed by atoms with Crippen molar-refractivity contribution in [1.82, 2.24) is 10.6 Å². The summed E-state index contributed by atoms with van der Waals surface area (Å²) < 4.78 is 11.0. The molecule has 0 aromatic heterocycles. The van der Waals surface area contributed by atoms with Crippen LogP contribution < -0.4 is 10.6 Å². The van der Waals surface area contributed by atoms with E-state index in [2.05, 4.69) is 10.6 Å². The van der Waals surface area contributed by atoms with E-state index in [9.17, 15) is 45.0 Å². The number of hydrogen-bond donors (Lipinski definition) is 8. The number of amides is 2. The van der Waals surface area contributed by atoms with Crippen LogP contribution in [0.5, 0.6) is 0 Å². The third-order valence-corrected chi connectivity index (χ3v) is 5.02. The molecule has 1 rings (SSSR count). The quantitative estimate of drug-likeness (QED) is 0.146. The highest BCUT2D eigenvalue weighted by atomic mass is 16.7. The van der Waals surface area contributed by atoms with Crippen molar-refractivity contribution < 1.29 is 54.5 Å². The number of ketones is 1. The molecule has 0 aromatic carbocycles. The average Bonchev–Trinajstić information content (AvgIpc) is 2.72. The van der Waals surface area contributed by atoms with Gasteiger partial charge in [-0.2, -0.15) is 0 Å². The minimum atomic E-state index is -1.88. The second-order valence-electron chi connectivity index (χ2n) is 8.01. The third kappa shape index (κ3) is 7.15. The Morgan fingerprint density at radius 2 is 1.62 bits per heavy atom. The van der Waals surface area contributed by atoms with E-state index in [1.807, 2.05) is 0 Å². The number of ether oxygens (including phenoxy) is 2. The molecule has 2 amide bonds. The topological polar surface area (TPSA) is 215 Å². The van der Waals surface area contributed by atoms with E-state index < -0.39 is 91.7 Å². The molecule has 0 aromatic rings. The molecule has 0 radical (unpaired) electrons. The predicted octanol–water partition coefficient (Wildman–Crippen LogP) is -4.24. The lowest BCUT2D eigenvalue weighted by Gasteiger charge is -2.44. The SMILES string of the molecule is CC(=O)NC(C(=O)C(C)C)C(O)C(OC1OC(CO)C(O)C(O)C1NC(C)=O)C(O)CO. The molecule has 0 spiro atoms. The first-order chi connectivity index (χ1) is 14.8. The molecule has 0 aliphatic carbocycles. The van der Waals surface area contributed by atoms with Gasteiger partial charge in [0.25, 0.3) is 0 Å². The van der Waals surface area contributed by atoms with Crippen LogP contribution in [0.25, 0.3) is 0 Å². The first-order valence-electron chi connectivity index (χ1n) is 10.2. The van der Waals surface area contributed by atoms with Crippen molar-refractivity contribution in [3.63, 3.8) is 0 Å². The lowest BCUT2D eigenvalue weighted by atomic mass is 9.91. The number of Topliss-reactive ketones (excluding diaryl/α,β-unsaturated/α-hetero) is 1. The summed E-state index contributed by atoms with van der Waals surface area (Å²) in [7, 11) is 0. The standard InChI is InChI=1S/C19H34N2O11/c1-7(2)14(27)12(20-8(3)24)17(30)18(10(26)5-22)32-19-13(21-9(4)25)16(29)15(28)11(6-23)31-19/h7,10-13,15-19,22-23,26,28-30H,5-6H2,1-4H3,(H,20,24)(H,21,25). The summed E-state index contributed by atoms with van der Waals surface area (Å²) in [5.41, 5.74) is 0. The number of aliphatic hydroxyl groups is 6. The minimum Gasteiger partial charge on any atom is -0.394 e. The van der Waals surface area contributed by atoms with E-state index in [4.69, 9.17) is 9.47 Å². The van der Waals surface area contributed by atoms with Gasteiger partial charge in [0.1, 0.15) is 48.7 Å². The van der Waals surface area contributed by atoms with Crippen molar-refractivity contribution >= 4 is 17.6 Å². The van der Waals surface area contributed by atoms with Gasteiger partial charge in [-0.25, -0.2) is 0 Å². The van der Waals surface area contributed by atoms with Gasteiger partial charge < -0.3 is 50.7 Å². The van der Waals surface area contributed by atoms with Gasteiger partial charge in [-0.3, -0.25) is 14.4 Å². The molecule has 0 bridgehead atoms. The molecule has 32 heavy (non-hydrogen) atoms. The Labute approximate surface area is 185 Å². The zero-order valence-electron chi connectivity index (χ0n) is 18.4. The van der Waals surface area contributed by atoms with E-state index in [1.54, 1.807) is 0 Å². The molecule has 186 valence electrons. The van der Waals surface area contributed by atoms with Crippen molar-refractivity contribution in [3.8, 4) is 0 Å². The molecule has 9 atom stereocenters. The Morgan fingerprint density at radius 1 is 1.03 bits per heavy atom. The van der Waals surface area contributed by atoms with Crippen molar-refractivity contribution in [2.24, 2.45) is 5.92 Å². The zero-order chi connectivity index (χ0) is 24.7. The molecule has 1 aliphatic heterocycles. The van der Waals surface area contributed by atoms with Crippen molar-refractivity contribution in [1.29, 1.82) is 0 Å². The Bertz CT molecular complexity index is 647. The lowest BCUT2D eigenvalue weighted by molar-refractivity contribution is -0.299. The van der Waals surface area contributed by atoms with Crippen molar-refractivity contribution in [3.05, 3.63) is 0 Å². The van der Waals surface area contributed by atoms with E-state index in [0.29, 0.717) is 0 Å². The molecular formula is C19H34N2O11. The molecule has 1 aliphatic rings. The first kappa shape index (κ1) is 28.3. The van der Waals surface area contributed by atoms with E-state index in [1.165, 1.54) is 13.8 Å². The fourth-order valence-electron chi connectivity index (χ4n) is 3.34. The van der Waals surface area contributed by atoms with Gasteiger partial charge in [0.05, 0.1) is 13.2 Å². The van der Waals surface area contributed by atoms with Gasteiger partial charge in [0.2, 0.25) is 11.8 Å². The van der Waals surface area contributed by atoms with Gasteiger partial charge >= 0.3 is 0 Å². The molecule has 1 saturated heterocycles. The van der Waals surface area contributed by atoms with E-state index >= 15 is 0 Å². The Kier molecular flexibility index (Phi) is 11.1. The lowest BCUT2D eigenvalue weighted by Crippen LogP contribution is -2.66. The number of aliphatic hydroxyl groups excluding tert-OH is 6. The fourth-order valence-corrected chi connectivity index (χ4v) is 3.34. The van der Waals surface area contributed by atoms with Crippen LogP contribution in [-0.2, 0) is 23.9 Å². The molecule has 0 saturated carbocycles. The van der Waals surface area contributed by atoms with E-state index in [0.717, 1.165) is 13.8 Å². The number of nitrogens with one attached hydrogen (secondary N) is 2. The summed E-state index contributed by atoms with van der Waals surface area (Å²) in [6.45, 7) is 3.65. The van der Waals surface area contributed by atoms with Gasteiger partial charge in [-0.1, -0.05) is 13.8 Å². The highest BCUT2D eigenvalue weighted by Gasteiger charge is 2.48. The molecule has 8 N–H and O–H groups in total. The maximum Gasteiger partial charge on any atom is 0.217 e. The Hall–Kier alpha value is -1.71. The summed E-state index contributed by atoms with van der Waals surface area (Å²) in [5, 5.41) is 65.0. The number of carbonyl (C=O) groups excluding carboxylic acids is 3. The molecule has 1 fully saturated rings. The summed E-state index contributed by atoms with van der Waals surface area (Å²) in [5.74, 6) is -2.49. The van der Waals surface area contributed by atoms with Crippen molar-refractivity contribution in [2.75, 3.05) is 13.2 Å². The summed E-state index contributed by atoms with van der Waals surface area (Å²) >= 11 is 0. The maximum atomic E-state index is 12.6. The first-order valence-corrected chi connectivity index (χ1v) is 10.2. The number of hydrogen-bond acceptors (Lipinski definition) is 11. The highest BCUT2D eigenvalue weighted by Crippen LogP contribution is 2.25. The van der Waals surface area contributed by atoms with E-state index in [-0.39, 0.29) is 0 Å². The molecule has 13 heteroatoms. The monoisotopic (exact) mass is 466 g/mol. The average molecular weight is 466 g/mol. The van der Waals surface area contributed by atoms with Crippen LogP contribution in [-0.4, -0.2) is 116 Å². The van der Waals surface area contributed by atoms with Crippen LogP contribution in [0.2, 0.25) is 0 Å². The third-order valence-electron chi connectivity index (χ3n) is 5.02. The largest absolute Gasteiger partial charge is 0.394 e. The van der Waals surface area contributed by atoms with Gasteiger partial charge in [0, 0.05) is 19.8 Å². The Morgan fingerprint density at radius 3 is 2.06 bits per heavy atom. The normalized spacial score (nSPS) is 29.7. The van der Waals surface area contributed by atoms with Crippen LogP contribution in [0.1, 0.15) is 27.7 Å². The van der Waals surface area contributed by atoms with Crippen LogP contribution in [0, 0.1) is 5.92 Å². The number of carbonyl (C=O) groups is 3. The molecule has 1 heterocycles. The van der Waals surface area contributed by atoms with Gasteiger partial charge in [-0.15, -0.1) is 0 Å². The van der Waals surface area contributed by atoms with Crippen LogP contribution >= 0.6 is 0 Å². The van der Waals surface area contributed by atoms with Gasteiger partial charge in [0.15, 0.2) is 12.1 Å². The maximum absolute atomic E-state index is 12.6. The summed E-state index contributed by atoms with van der Waals surface area (Å²) in [4.78, 5) is 35.7. The zero-order valence-corrected chi connectivity index (χ0v) is 18.4. The second kappa shape index (κ2) is 12.5. The molecule has 13 nitrogen and oxygen atoms in total. The molecule has 9 unspecified atom stereocenters. The predicted molar refractivity (Wildman–Crippen MR) is 107 cm³/mol. The Balaban J connectivity index is 3.29. The summed E-state index contributed by atoms with van der Waals surface area (Å²) in [6, 6.07) is -2.92. The van der Waals surface area contributed by atoms with Crippen LogP contribution in [0.15, 0.2) is 0 Å². The van der Waals surface area contributed by atoms with Crippen molar-refractivity contribution in [2.45, 2.75) is 82.7 Å². The van der Waals surface area contributed by atoms with Crippen LogP contribution in [0.3, 0.4) is 0 Å². The minimum absolute atomic E-state index is 0.585.